The minimum Gasteiger partial charge on any atom is -0.487 e. The molecule has 1 aromatic rings. The summed E-state index contributed by atoms with van der Waals surface area (Å²) in [7, 11) is 0. The van der Waals surface area contributed by atoms with Crippen molar-refractivity contribution in [1.82, 2.24) is 5.32 Å². The van der Waals surface area contributed by atoms with Crippen LogP contribution in [0.3, 0.4) is 0 Å². The van der Waals surface area contributed by atoms with Crippen molar-refractivity contribution >= 4 is 11.6 Å². The molecule has 6 nitrogen and oxygen atoms in total. The standard InChI is InChI=1S/C13H18N2O4/c1-5-19-11-7-6-9(8-10(11)15(17)18)12(16)14-13(2,3)4/h6-8H,5H2,1-4H3,(H,14,16). The molecular formula is C13H18N2O4. The second kappa shape index (κ2) is 5.69. The molecule has 0 aliphatic heterocycles. The maximum Gasteiger partial charge on any atom is 0.311 e. The largest absolute Gasteiger partial charge is 0.487 e. The lowest BCUT2D eigenvalue weighted by atomic mass is 10.1. The summed E-state index contributed by atoms with van der Waals surface area (Å²) in [5.41, 5.74) is -0.363. The van der Waals surface area contributed by atoms with Crippen molar-refractivity contribution < 1.29 is 14.5 Å². The van der Waals surface area contributed by atoms with Gasteiger partial charge in [0.1, 0.15) is 0 Å². The van der Waals surface area contributed by atoms with Crippen LogP contribution in [-0.2, 0) is 0 Å². The third-order valence-electron chi connectivity index (χ3n) is 2.21. The Hall–Kier alpha value is -2.11. The van der Waals surface area contributed by atoms with E-state index in [4.69, 9.17) is 4.74 Å². The van der Waals surface area contributed by atoms with Gasteiger partial charge < -0.3 is 10.1 Å². The fourth-order valence-corrected chi connectivity index (χ4v) is 1.49. The van der Waals surface area contributed by atoms with E-state index in [-0.39, 0.29) is 22.9 Å². The van der Waals surface area contributed by atoms with Crippen LogP contribution in [0.4, 0.5) is 5.69 Å². The van der Waals surface area contributed by atoms with Gasteiger partial charge in [0.15, 0.2) is 5.75 Å². The van der Waals surface area contributed by atoms with Gasteiger partial charge in [0.25, 0.3) is 5.91 Å². The lowest BCUT2D eigenvalue weighted by Gasteiger charge is -2.20. The molecular weight excluding hydrogens is 248 g/mol. The SMILES string of the molecule is CCOc1ccc(C(=O)NC(C)(C)C)cc1[N+](=O)[O-]. The average Bonchev–Trinajstić information content (AvgIpc) is 2.27. The molecule has 0 heterocycles. The van der Waals surface area contributed by atoms with E-state index in [1.54, 1.807) is 6.92 Å². The Morgan fingerprint density at radius 1 is 1.42 bits per heavy atom. The van der Waals surface area contributed by atoms with Gasteiger partial charge in [-0.2, -0.15) is 0 Å². The van der Waals surface area contributed by atoms with Crippen molar-refractivity contribution in [3.63, 3.8) is 0 Å². The van der Waals surface area contributed by atoms with E-state index in [1.165, 1.54) is 18.2 Å². The first kappa shape index (κ1) is 14.9. The number of hydrogen-bond donors (Lipinski definition) is 1. The molecule has 0 atom stereocenters. The van der Waals surface area contributed by atoms with Gasteiger partial charge in [0.2, 0.25) is 0 Å². The predicted octanol–water partition coefficient (Wildman–Crippen LogP) is 2.52. The van der Waals surface area contributed by atoms with E-state index in [2.05, 4.69) is 5.32 Å². The molecule has 6 heteroatoms. The van der Waals surface area contributed by atoms with Crippen LogP contribution in [0.25, 0.3) is 0 Å². The zero-order chi connectivity index (χ0) is 14.6. The Bertz CT molecular complexity index is 492. The Morgan fingerprint density at radius 2 is 2.05 bits per heavy atom. The van der Waals surface area contributed by atoms with Crippen molar-refractivity contribution in [2.75, 3.05) is 6.61 Å². The molecule has 1 amide bonds. The van der Waals surface area contributed by atoms with Gasteiger partial charge in [0.05, 0.1) is 11.5 Å². The fourth-order valence-electron chi connectivity index (χ4n) is 1.49. The average molecular weight is 266 g/mol. The molecule has 0 spiro atoms. The topological polar surface area (TPSA) is 81.5 Å². The van der Waals surface area contributed by atoms with Crippen LogP contribution in [0.2, 0.25) is 0 Å². The predicted molar refractivity (Wildman–Crippen MR) is 71.5 cm³/mol. The lowest BCUT2D eigenvalue weighted by Crippen LogP contribution is -2.40. The molecule has 0 aliphatic rings. The molecule has 0 aliphatic carbocycles. The highest BCUT2D eigenvalue weighted by Gasteiger charge is 2.21. The molecule has 1 rings (SSSR count). The molecule has 0 unspecified atom stereocenters. The van der Waals surface area contributed by atoms with Crippen LogP contribution >= 0.6 is 0 Å². The van der Waals surface area contributed by atoms with Gasteiger partial charge in [-0.3, -0.25) is 14.9 Å². The summed E-state index contributed by atoms with van der Waals surface area (Å²) in [5.74, 6) is -0.182. The second-order valence-electron chi connectivity index (χ2n) is 5.08. The number of carbonyl (C=O) groups is 1. The Morgan fingerprint density at radius 3 is 2.53 bits per heavy atom. The van der Waals surface area contributed by atoms with Gasteiger partial charge in [-0.15, -0.1) is 0 Å². The van der Waals surface area contributed by atoms with E-state index in [0.717, 1.165) is 0 Å². The van der Waals surface area contributed by atoms with Crippen LogP contribution in [0.1, 0.15) is 38.1 Å². The molecule has 1 aromatic carbocycles. The molecule has 1 N–H and O–H groups in total. The number of nitro benzene ring substituents is 1. The van der Waals surface area contributed by atoms with E-state index < -0.39 is 10.5 Å². The lowest BCUT2D eigenvalue weighted by molar-refractivity contribution is -0.385. The summed E-state index contributed by atoms with van der Waals surface area (Å²) >= 11 is 0. The minimum atomic E-state index is -0.557. The number of nitro groups is 1. The smallest absolute Gasteiger partial charge is 0.311 e. The van der Waals surface area contributed by atoms with E-state index >= 15 is 0 Å². The second-order valence-corrected chi connectivity index (χ2v) is 5.08. The summed E-state index contributed by atoms with van der Waals surface area (Å²) < 4.78 is 5.16. The number of nitrogens with zero attached hydrogens (tertiary/aromatic N) is 1. The molecule has 0 saturated carbocycles. The van der Waals surface area contributed by atoms with Crippen LogP contribution in [0, 0.1) is 10.1 Å². The van der Waals surface area contributed by atoms with Gasteiger partial charge in [-0.1, -0.05) is 0 Å². The maximum atomic E-state index is 11.9. The van der Waals surface area contributed by atoms with Crippen molar-refractivity contribution in [2.45, 2.75) is 33.2 Å². The summed E-state index contributed by atoms with van der Waals surface area (Å²) in [4.78, 5) is 22.3. The molecule has 0 aromatic heterocycles. The highest BCUT2D eigenvalue weighted by atomic mass is 16.6. The van der Waals surface area contributed by atoms with Gasteiger partial charge in [-0.25, -0.2) is 0 Å². The molecule has 19 heavy (non-hydrogen) atoms. The molecule has 0 bridgehead atoms. The molecule has 104 valence electrons. The Balaban J connectivity index is 3.08. The van der Waals surface area contributed by atoms with Crippen molar-refractivity contribution in [3.8, 4) is 5.75 Å². The van der Waals surface area contributed by atoms with Crippen molar-refractivity contribution in [3.05, 3.63) is 33.9 Å². The Kier molecular flexibility index (Phi) is 4.47. The van der Waals surface area contributed by atoms with Crippen LogP contribution < -0.4 is 10.1 Å². The van der Waals surface area contributed by atoms with Crippen LogP contribution in [0.5, 0.6) is 5.75 Å². The number of nitrogens with one attached hydrogen (secondary N) is 1. The molecule has 0 radical (unpaired) electrons. The molecule has 0 fully saturated rings. The number of hydrogen-bond acceptors (Lipinski definition) is 4. The maximum absolute atomic E-state index is 11.9. The quantitative estimate of drug-likeness (QED) is 0.670. The fraction of sp³-hybridized carbons (Fsp3) is 0.462. The Labute approximate surface area is 111 Å². The first-order chi connectivity index (χ1) is 8.74. The summed E-state index contributed by atoms with van der Waals surface area (Å²) in [6, 6.07) is 4.18. The number of amides is 1. The van der Waals surface area contributed by atoms with Crippen LogP contribution in [-0.4, -0.2) is 23.0 Å². The van der Waals surface area contributed by atoms with Gasteiger partial charge in [0, 0.05) is 17.2 Å². The van der Waals surface area contributed by atoms with Crippen molar-refractivity contribution in [2.24, 2.45) is 0 Å². The summed E-state index contributed by atoms with van der Waals surface area (Å²) in [5, 5.41) is 13.7. The first-order valence-electron chi connectivity index (χ1n) is 5.98. The van der Waals surface area contributed by atoms with Gasteiger partial charge in [-0.05, 0) is 39.8 Å². The van der Waals surface area contributed by atoms with Gasteiger partial charge >= 0.3 is 5.69 Å². The summed E-state index contributed by atoms with van der Waals surface area (Å²) in [6.45, 7) is 7.59. The number of benzene rings is 1. The number of carbonyl (C=O) groups excluding carboxylic acids is 1. The third-order valence-corrected chi connectivity index (χ3v) is 2.21. The minimum absolute atomic E-state index is 0.166. The first-order valence-corrected chi connectivity index (χ1v) is 5.98. The van der Waals surface area contributed by atoms with E-state index in [9.17, 15) is 14.9 Å². The monoisotopic (exact) mass is 266 g/mol. The third kappa shape index (κ3) is 4.24. The molecule has 0 saturated heterocycles. The zero-order valence-electron chi connectivity index (χ0n) is 11.5. The highest BCUT2D eigenvalue weighted by molar-refractivity contribution is 5.95. The van der Waals surface area contributed by atoms with Crippen LogP contribution in [0.15, 0.2) is 18.2 Å². The highest BCUT2D eigenvalue weighted by Crippen LogP contribution is 2.28. The normalized spacial score (nSPS) is 10.9. The zero-order valence-corrected chi connectivity index (χ0v) is 11.5. The number of rotatable bonds is 4. The van der Waals surface area contributed by atoms with E-state index in [1.807, 2.05) is 20.8 Å². The number of ether oxygens (including phenoxy) is 1. The van der Waals surface area contributed by atoms with Crippen molar-refractivity contribution in [1.29, 1.82) is 0 Å². The van der Waals surface area contributed by atoms with E-state index in [0.29, 0.717) is 6.61 Å². The summed E-state index contributed by atoms with van der Waals surface area (Å²) in [6.07, 6.45) is 0.